The monoisotopic (exact) mass is 417 g/mol. The molecular weight excluding hydrogens is 390 g/mol. The molecular formula is C21H27N3O6. The Bertz CT molecular complexity index is 927. The SMILES string of the molecule is CCC1=C(C(=O)OC)C(c2cccc([N+](=O)[O-])c2)C(C(=O)OCC(C)(C)N)=C(C)N1. The number of dihydropyridines is 1. The molecule has 1 aliphatic rings. The Morgan fingerprint density at radius 3 is 2.47 bits per heavy atom. The molecule has 9 nitrogen and oxygen atoms in total. The third-order valence-electron chi connectivity index (χ3n) is 4.61. The van der Waals surface area contributed by atoms with Crippen LogP contribution in [0.3, 0.4) is 0 Å². The first-order valence-corrected chi connectivity index (χ1v) is 9.49. The highest BCUT2D eigenvalue weighted by atomic mass is 16.6. The van der Waals surface area contributed by atoms with Crippen molar-refractivity contribution < 1.29 is 24.0 Å². The van der Waals surface area contributed by atoms with Crippen molar-refractivity contribution in [2.24, 2.45) is 5.73 Å². The molecule has 0 spiro atoms. The lowest BCUT2D eigenvalue weighted by Gasteiger charge is -2.31. The first-order valence-electron chi connectivity index (χ1n) is 9.49. The Labute approximate surface area is 175 Å². The zero-order chi connectivity index (χ0) is 22.6. The number of carbonyl (C=O) groups excluding carboxylic acids is 2. The maximum atomic E-state index is 13.0. The lowest BCUT2D eigenvalue weighted by Crippen LogP contribution is -2.39. The molecule has 2 rings (SSSR count). The van der Waals surface area contributed by atoms with Crippen molar-refractivity contribution in [2.45, 2.75) is 45.6 Å². The quantitative estimate of drug-likeness (QED) is 0.393. The second kappa shape index (κ2) is 9.08. The van der Waals surface area contributed by atoms with E-state index in [-0.39, 0.29) is 23.4 Å². The minimum Gasteiger partial charge on any atom is -0.466 e. The summed E-state index contributed by atoms with van der Waals surface area (Å²) in [4.78, 5) is 36.5. The van der Waals surface area contributed by atoms with Crippen LogP contribution < -0.4 is 11.1 Å². The second-order valence-electron chi connectivity index (χ2n) is 7.75. The van der Waals surface area contributed by atoms with Gasteiger partial charge in [0.1, 0.15) is 6.61 Å². The minimum absolute atomic E-state index is 0.0395. The number of benzene rings is 1. The van der Waals surface area contributed by atoms with Crippen molar-refractivity contribution in [3.63, 3.8) is 0 Å². The highest BCUT2D eigenvalue weighted by Crippen LogP contribution is 2.40. The molecule has 1 atom stereocenters. The van der Waals surface area contributed by atoms with Gasteiger partial charge in [-0.15, -0.1) is 0 Å². The number of hydrogen-bond acceptors (Lipinski definition) is 8. The molecule has 0 aliphatic carbocycles. The van der Waals surface area contributed by atoms with Crippen LogP contribution in [-0.4, -0.2) is 36.1 Å². The average molecular weight is 417 g/mol. The Balaban J connectivity index is 2.66. The van der Waals surface area contributed by atoms with Gasteiger partial charge in [0.15, 0.2) is 0 Å². The van der Waals surface area contributed by atoms with E-state index in [1.165, 1.54) is 25.3 Å². The number of carbonyl (C=O) groups is 2. The van der Waals surface area contributed by atoms with Crippen molar-refractivity contribution >= 4 is 17.6 Å². The van der Waals surface area contributed by atoms with E-state index in [4.69, 9.17) is 15.2 Å². The van der Waals surface area contributed by atoms with Gasteiger partial charge in [0.05, 0.1) is 29.1 Å². The number of non-ortho nitro benzene ring substituents is 1. The number of nitrogens with two attached hydrogens (primary N) is 1. The van der Waals surface area contributed by atoms with E-state index in [1.807, 2.05) is 6.92 Å². The fraction of sp³-hybridized carbons (Fsp3) is 0.429. The van der Waals surface area contributed by atoms with E-state index in [1.54, 1.807) is 26.8 Å². The number of nitrogens with one attached hydrogen (secondary N) is 1. The number of nitro groups is 1. The molecule has 1 aromatic rings. The van der Waals surface area contributed by atoms with Gasteiger partial charge in [-0.2, -0.15) is 0 Å². The van der Waals surface area contributed by atoms with Crippen molar-refractivity contribution in [1.82, 2.24) is 5.32 Å². The predicted molar refractivity (Wildman–Crippen MR) is 110 cm³/mol. The van der Waals surface area contributed by atoms with Crippen LogP contribution in [0.5, 0.6) is 0 Å². The molecule has 30 heavy (non-hydrogen) atoms. The van der Waals surface area contributed by atoms with Crippen molar-refractivity contribution in [2.75, 3.05) is 13.7 Å². The van der Waals surface area contributed by atoms with Gasteiger partial charge in [0.2, 0.25) is 0 Å². The molecule has 0 saturated heterocycles. The summed E-state index contributed by atoms with van der Waals surface area (Å²) < 4.78 is 10.4. The third-order valence-corrected chi connectivity index (χ3v) is 4.61. The summed E-state index contributed by atoms with van der Waals surface area (Å²) in [6, 6.07) is 5.84. The standard InChI is InChI=1S/C21H27N3O6/c1-6-15-18(19(25)29-5)17(13-8-7-9-14(10-13)24(27)28)16(12(2)23-15)20(26)30-11-21(3,4)22/h7-10,17,23H,6,11,22H2,1-5H3. The topological polar surface area (TPSA) is 134 Å². The number of rotatable bonds is 7. The molecule has 3 N–H and O–H groups in total. The molecule has 0 radical (unpaired) electrons. The Morgan fingerprint density at radius 1 is 1.27 bits per heavy atom. The second-order valence-corrected chi connectivity index (χ2v) is 7.75. The molecule has 1 unspecified atom stereocenters. The lowest BCUT2D eigenvalue weighted by atomic mass is 9.79. The summed E-state index contributed by atoms with van der Waals surface area (Å²) >= 11 is 0. The first kappa shape index (κ1) is 23.1. The Hall–Kier alpha value is -3.20. The molecule has 0 saturated carbocycles. The third kappa shape index (κ3) is 5.04. The zero-order valence-electron chi connectivity index (χ0n) is 17.8. The summed E-state index contributed by atoms with van der Waals surface area (Å²) in [6.45, 7) is 6.94. The summed E-state index contributed by atoms with van der Waals surface area (Å²) in [6.07, 6.45) is 0.464. The molecule has 9 heteroatoms. The van der Waals surface area contributed by atoms with Crippen molar-refractivity contribution in [1.29, 1.82) is 0 Å². The van der Waals surface area contributed by atoms with Crippen LogP contribution in [0.15, 0.2) is 46.8 Å². The fourth-order valence-corrected chi connectivity index (χ4v) is 3.28. The summed E-state index contributed by atoms with van der Waals surface area (Å²) in [7, 11) is 1.24. The number of nitro benzene ring substituents is 1. The lowest BCUT2D eigenvalue weighted by molar-refractivity contribution is -0.384. The van der Waals surface area contributed by atoms with Gasteiger partial charge >= 0.3 is 11.9 Å². The van der Waals surface area contributed by atoms with Crippen LogP contribution in [-0.2, 0) is 19.1 Å². The molecule has 1 heterocycles. The maximum Gasteiger partial charge on any atom is 0.336 e. The molecule has 1 aromatic carbocycles. The Morgan fingerprint density at radius 2 is 1.93 bits per heavy atom. The molecule has 0 fully saturated rings. The van der Waals surface area contributed by atoms with Crippen molar-refractivity contribution in [3.8, 4) is 0 Å². The number of nitrogens with zero attached hydrogens (tertiary/aromatic N) is 1. The first-order chi connectivity index (χ1) is 14.0. The highest BCUT2D eigenvalue weighted by molar-refractivity contribution is 6.00. The van der Waals surface area contributed by atoms with E-state index in [9.17, 15) is 19.7 Å². The normalized spacial score (nSPS) is 16.8. The minimum atomic E-state index is -0.887. The Kier molecular flexibility index (Phi) is 6.99. The van der Waals surface area contributed by atoms with Gasteiger partial charge in [0.25, 0.3) is 5.69 Å². The van der Waals surface area contributed by atoms with Crippen molar-refractivity contribution in [3.05, 3.63) is 62.5 Å². The van der Waals surface area contributed by atoms with Gasteiger partial charge < -0.3 is 20.5 Å². The average Bonchev–Trinajstić information content (AvgIpc) is 2.69. The number of allylic oxidation sites excluding steroid dienone is 2. The van der Waals surface area contributed by atoms with Crippen LogP contribution in [0.4, 0.5) is 5.69 Å². The number of esters is 2. The van der Waals surface area contributed by atoms with Crippen LogP contribution in [0.1, 0.15) is 45.6 Å². The summed E-state index contributed by atoms with van der Waals surface area (Å²) in [5.74, 6) is -2.18. The van der Waals surface area contributed by atoms with Crippen LogP contribution in [0.25, 0.3) is 0 Å². The van der Waals surface area contributed by atoms with Crippen LogP contribution >= 0.6 is 0 Å². The number of ether oxygens (including phenoxy) is 2. The van der Waals surface area contributed by atoms with E-state index in [0.717, 1.165) is 0 Å². The molecule has 1 aliphatic heterocycles. The number of methoxy groups -OCH3 is 1. The zero-order valence-corrected chi connectivity index (χ0v) is 17.8. The van der Waals surface area contributed by atoms with Crippen LogP contribution in [0, 0.1) is 10.1 Å². The highest BCUT2D eigenvalue weighted by Gasteiger charge is 2.39. The van der Waals surface area contributed by atoms with E-state index in [2.05, 4.69) is 5.32 Å². The largest absolute Gasteiger partial charge is 0.466 e. The molecule has 0 aromatic heterocycles. The van der Waals surface area contributed by atoms with Gasteiger partial charge in [0, 0.05) is 29.1 Å². The molecule has 0 bridgehead atoms. The number of hydrogen-bond donors (Lipinski definition) is 2. The fourth-order valence-electron chi connectivity index (χ4n) is 3.28. The van der Waals surface area contributed by atoms with Gasteiger partial charge in [-0.25, -0.2) is 9.59 Å². The molecule has 0 amide bonds. The smallest absolute Gasteiger partial charge is 0.336 e. The summed E-state index contributed by atoms with van der Waals surface area (Å²) in [5.41, 5.74) is 6.90. The van der Waals surface area contributed by atoms with Gasteiger partial charge in [-0.05, 0) is 32.8 Å². The molecule has 162 valence electrons. The van der Waals surface area contributed by atoms with E-state index >= 15 is 0 Å². The summed E-state index contributed by atoms with van der Waals surface area (Å²) in [5, 5.41) is 14.4. The van der Waals surface area contributed by atoms with Gasteiger partial charge in [-0.3, -0.25) is 10.1 Å². The predicted octanol–water partition coefficient (Wildman–Crippen LogP) is 2.67. The van der Waals surface area contributed by atoms with E-state index in [0.29, 0.717) is 23.4 Å². The van der Waals surface area contributed by atoms with Gasteiger partial charge in [-0.1, -0.05) is 19.1 Å². The van der Waals surface area contributed by atoms with Crippen LogP contribution in [0.2, 0.25) is 0 Å². The maximum absolute atomic E-state index is 13.0. The van der Waals surface area contributed by atoms with E-state index < -0.39 is 28.3 Å².